The minimum absolute atomic E-state index is 1.15. The number of rotatable bonds is 2. The van der Waals surface area contributed by atoms with Crippen LogP contribution in [-0.4, -0.2) is 9.97 Å². The van der Waals surface area contributed by atoms with E-state index in [1.54, 1.807) is 0 Å². The van der Waals surface area contributed by atoms with Crippen molar-refractivity contribution >= 4 is 53.1 Å². The van der Waals surface area contributed by atoms with Gasteiger partial charge in [-0.15, -0.1) is 11.3 Å². The van der Waals surface area contributed by atoms with Crippen LogP contribution >= 0.6 is 11.3 Å². The maximum atomic E-state index is 4.37. The summed E-state index contributed by atoms with van der Waals surface area (Å²) >= 11 is 1.87. The fourth-order valence-corrected chi connectivity index (χ4v) is 6.24. The molecule has 0 bridgehead atoms. The van der Waals surface area contributed by atoms with Crippen LogP contribution in [0.3, 0.4) is 0 Å². The van der Waals surface area contributed by atoms with Gasteiger partial charge in [-0.25, -0.2) is 0 Å². The Labute approximate surface area is 194 Å². The second kappa shape index (κ2) is 7.22. The Bertz CT molecular complexity index is 1670. The van der Waals surface area contributed by atoms with E-state index >= 15 is 0 Å². The van der Waals surface area contributed by atoms with Gasteiger partial charge in [-0.1, -0.05) is 60.7 Å². The van der Waals surface area contributed by atoms with Gasteiger partial charge in [0.2, 0.25) is 0 Å². The molecule has 0 N–H and O–H groups in total. The van der Waals surface area contributed by atoms with Gasteiger partial charge in [0.05, 0.1) is 0 Å². The number of nitrogens with zero attached hydrogens (tertiary/aromatic N) is 2. The molecule has 7 rings (SSSR count). The molecule has 4 aromatic carbocycles. The minimum atomic E-state index is 1.15. The molecule has 3 aromatic heterocycles. The van der Waals surface area contributed by atoms with E-state index in [1.165, 1.54) is 52.8 Å². The monoisotopic (exact) mass is 438 g/mol. The van der Waals surface area contributed by atoms with Crippen LogP contribution in [0.2, 0.25) is 0 Å². The van der Waals surface area contributed by atoms with Gasteiger partial charge >= 0.3 is 0 Å². The molecule has 3 heteroatoms. The molecule has 0 spiro atoms. The molecule has 0 atom stereocenters. The quantitative estimate of drug-likeness (QED) is 0.270. The molecule has 0 saturated carbocycles. The summed E-state index contributed by atoms with van der Waals surface area (Å²) in [6.45, 7) is 0. The van der Waals surface area contributed by atoms with Crippen LogP contribution in [0.1, 0.15) is 0 Å². The summed E-state index contributed by atoms with van der Waals surface area (Å²) in [4.78, 5) is 8.75. The van der Waals surface area contributed by atoms with Crippen LogP contribution in [0, 0.1) is 0 Å². The van der Waals surface area contributed by atoms with Gasteiger partial charge in [0, 0.05) is 56.1 Å². The number of benzene rings is 4. The fraction of sp³-hybridized carbons (Fsp3) is 0. The van der Waals surface area contributed by atoms with Crippen molar-refractivity contribution in [2.24, 2.45) is 0 Å². The van der Waals surface area contributed by atoms with Crippen molar-refractivity contribution in [3.05, 3.63) is 110 Å². The summed E-state index contributed by atoms with van der Waals surface area (Å²) < 4.78 is 2.60. The predicted octanol–water partition coefficient (Wildman–Crippen LogP) is 8.48. The molecule has 0 aliphatic heterocycles. The van der Waals surface area contributed by atoms with E-state index in [4.69, 9.17) is 0 Å². The Hall–Kier alpha value is -4.08. The highest BCUT2D eigenvalue weighted by atomic mass is 32.1. The van der Waals surface area contributed by atoms with Crippen molar-refractivity contribution in [2.75, 3.05) is 0 Å². The highest BCUT2D eigenvalue weighted by molar-refractivity contribution is 7.26. The third kappa shape index (κ3) is 2.80. The third-order valence-electron chi connectivity index (χ3n) is 6.43. The predicted molar refractivity (Wildman–Crippen MR) is 141 cm³/mol. The summed E-state index contributed by atoms with van der Waals surface area (Å²) in [7, 11) is 0. The zero-order chi connectivity index (χ0) is 21.8. The summed E-state index contributed by atoms with van der Waals surface area (Å²) in [5.41, 5.74) is 4.76. The van der Waals surface area contributed by atoms with E-state index in [2.05, 4.69) is 82.8 Å². The first kappa shape index (κ1) is 18.5. The van der Waals surface area contributed by atoms with Crippen molar-refractivity contribution < 1.29 is 0 Å². The first-order valence-corrected chi connectivity index (χ1v) is 11.8. The van der Waals surface area contributed by atoms with Crippen LogP contribution in [0.15, 0.2) is 110 Å². The van der Waals surface area contributed by atoms with Crippen molar-refractivity contribution in [3.8, 4) is 22.3 Å². The topological polar surface area (TPSA) is 25.8 Å². The summed E-state index contributed by atoms with van der Waals surface area (Å²) in [5, 5.41) is 7.79. The molecule has 154 valence electrons. The van der Waals surface area contributed by atoms with Crippen LogP contribution in [-0.2, 0) is 0 Å². The molecule has 7 aromatic rings. The average molecular weight is 439 g/mol. The smallest absolute Gasteiger partial charge is 0.0368 e. The van der Waals surface area contributed by atoms with Gasteiger partial charge < -0.3 is 0 Å². The molecule has 0 aliphatic carbocycles. The molecular weight excluding hydrogens is 420 g/mol. The Kier molecular flexibility index (Phi) is 4.05. The van der Waals surface area contributed by atoms with Gasteiger partial charge in [0.1, 0.15) is 0 Å². The molecule has 33 heavy (non-hydrogen) atoms. The first-order valence-electron chi connectivity index (χ1n) is 11.0. The lowest BCUT2D eigenvalue weighted by Gasteiger charge is -2.11. The standard InChI is InChI=1S/C30H18N2S/c1-3-11-23-21(9-1)25(19-7-5-13-31-17-19)15-27-29(23)30-24-12-4-2-10-22(24)26(16-28(30)33-27)20-8-6-14-32-18-20/h1-18H. The van der Waals surface area contributed by atoms with Crippen molar-refractivity contribution in [2.45, 2.75) is 0 Å². The van der Waals surface area contributed by atoms with Crippen molar-refractivity contribution in [3.63, 3.8) is 0 Å². The van der Waals surface area contributed by atoms with E-state index in [0.717, 1.165) is 11.1 Å². The van der Waals surface area contributed by atoms with Crippen LogP contribution < -0.4 is 0 Å². The molecule has 0 radical (unpaired) electrons. The van der Waals surface area contributed by atoms with E-state index in [9.17, 15) is 0 Å². The van der Waals surface area contributed by atoms with Crippen molar-refractivity contribution in [1.82, 2.24) is 9.97 Å². The molecule has 0 saturated heterocycles. The highest BCUT2D eigenvalue weighted by Gasteiger charge is 2.17. The second-order valence-corrected chi connectivity index (χ2v) is 9.35. The van der Waals surface area contributed by atoms with E-state index in [0.29, 0.717) is 0 Å². The number of hydrogen-bond donors (Lipinski definition) is 0. The molecule has 2 nitrogen and oxygen atoms in total. The van der Waals surface area contributed by atoms with E-state index < -0.39 is 0 Å². The largest absolute Gasteiger partial charge is 0.264 e. The van der Waals surface area contributed by atoms with Gasteiger partial charge in [-0.05, 0) is 56.9 Å². The first-order chi connectivity index (χ1) is 16.4. The lowest BCUT2D eigenvalue weighted by Crippen LogP contribution is -1.85. The Balaban J connectivity index is 1.67. The van der Waals surface area contributed by atoms with E-state index in [-0.39, 0.29) is 0 Å². The summed E-state index contributed by atoms with van der Waals surface area (Å²) in [6.07, 6.45) is 7.57. The molecule has 0 unspecified atom stereocenters. The summed E-state index contributed by atoms with van der Waals surface area (Å²) in [6, 6.07) is 30.5. The highest BCUT2D eigenvalue weighted by Crippen LogP contribution is 2.46. The molecule has 0 fully saturated rings. The fourth-order valence-electron chi connectivity index (χ4n) is 5.02. The molecular formula is C30H18N2S. The Morgan fingerprint density at radius 2 is 0.939 bits per heavy atom. The number of thiophene rings is 1. The zero-order valence-electron chi connectivity index (χ0n) is 17.7. The van der Waals surface area contributed by atoms with Gasteiger partial charge in [-0.2, -0.15) is 0 Å². The zero-order valence-corrected chi connectivity index (χ0v) is 18.5. The number of aromatic nitrogens is 2. The number of fused-ring (bicyclic) bond motifs is 7. The number of hydrogen-bond acceptors (Lipinski definition) is 3. The molecule has 0 amide bonds. The van der Waals surface area contributed by atoms with Gasteiger partial charge in [0.25, 0.3) is 0 Å². The molecule has 0 aliphatic rings. The SMILES string of the molecule is c1cncc(-c2cc3sc4cc(-c5cccnc5)c5ccccc5c4c3c3ccccc23)c1. The van der Waals surface area contributed by atoms with Crippen molar-refractivity contribution in [1.29, 1.82) is 0 Å². The van der Waals surface area contributed by atoms with Crippen LogP contribution in [0.5, 0.6) is 0 Å². The average Bonchev–Trinajstić information content (AvgIpc) is 3.28. The third-order valence-corrected chi connectivity index (χ3v) is 7.52. The lowest BCUT2D eigenvalue weighted by atomic mass is 9.92. The maximum Gasteiger partial charge on any atom is 0.0368 e. The molecule has 3 heterocycles. The normalized spacial score (nSPS) is 11.6. The van der Waals surface area contributed by atoms with Crippen LogP contribution in [0.4, 0.5) is 0 Å². The number of pyridine rings is 2. The maximum absolute atomic E-state index is 4.37. The van der Waals surface area contributed by atoms with Crippen LogP contribution in [0.25, 0.3) is 64.0 Å². The van der Waals surface area contributed by atoms with Gasteiger partial charge in [-0.3, -0.25) is 9.97 Å². The Morgan fingerprint density at radius 1 is 0.485 bits per heavy atom. The Morgan fingerprint density at radius 3 is 1.36 bits per heavy atom. The lowest BCUT2D eigenvalue weighted by molar-refractivity contribution is 1.33. The minimum Gasteiger partial charge on any atom is -0.264 e. The second-order valence-electron chi connectivity index (χ2n) is 8.27. The van der Waals surface area contributed by atoms with E-state index in [1.807, 2.05) is 48.3 Å². The summed E-state index contributed by atoms with van der Waals surface area (Å²) in [5.74, 6) is 0. The van der Waals surface area contributed by atoms with Gasteiger partial charge in [0.15, 0.2) is 0 Å².